The van der Waals surface area contributed by atoms with Crippen LogP contribution in [0.2, 0.25) is 0 Å². The van der Waals surface area contributed by atoms with Gasteiger partial charge in [-0.05, 0) is 44.0 Å². The highest BCUT2D eigenvalue weighted by molar-refractivity contribution is 5.75. The lowest BCUT2D eigenvalue weighted by Crippen LogP contribution is -2.40. The number of alkyl halides is 3. The zero-order chi connectivity index (χ0) is 16.2. The molecule has 0 aliphatic carbocycles. The predicted molar refractivity (Wildman–Crippen MR) is 75.3 cm³/mol. The Morgan fingerprint density at radius 2 is 1.91 bits per heavy atom. The molecule has 7 heteroatoms. The van der Waals surface area contributed by atoms with Gasteiger partial charge >= 0.3 is 6.18 Å². The Bertz CT molecular complexity index is 512. The number of primary amides is 1. The fraction of sp³-hybridized carbons (Fsp3) is 0.533. The fourth-order valence-electron chi connectivity index (χ4n) is 2.57. The highest BCUT2D eigenvalue weighted by atomic mass is 19.4. The van der Waals surface area contributed by atoms with Gasteiger partial charge in [-0.1, -0.05) is 12.1 Å². The van der Waals surface area contributed by atoms with Crippen molar-refractivity contribution in [2.24, 2.45) is 11.7 Å². The molecule has 1 fully saturated rings. The SMILES string of the molecule is NC(=O)CN1CCC(COc2ccccc2C(F)(F)F)CC1. The van der Waals surface area contributed by atoms with Crippen LogP contribution in [0.15, 0.2) is 24.3 Å². The van der Waals surface area contributed by atoms with E-state index in [9.17, 15) is 18.0 Å². The van der Waals surface area contributed by atoms with E-state index in [0.717, 1.165) is 18.9 Å². The lowest BCUT2D eigenvalue weighted by molar-refractivity contribution is -0.139. The first-order valence-corrected chi connectivity index (χ1v) is 7.16. The molecule has 1 aromatic rings. The Hall–Kier alpha value is -1.76. The molecule has 0 unspecified atom stereocenters. The van der Waals surface area contributed by atoms with Gasteiger partial charge in [-0.15, -0.1) is 0 Å². The summed E-state index contributed by atoms with van der Waals surface area (Å²) in [5.41, 5.74) is 4.39. The van der Waals surface area contributed by atoms with Crippen molar-refractivity contribution in [3.63, 3.8) is 0 Å². The van der Waals surface area contributed by atoms with Crippen molar-refractivity contribution in [3.05, 3.63) is 29.8 Å². The third-order valence-corrected chi connectivity index (χ3v) is 3.75. The van der Waals surface area contributed by atoms with Gasteiger partial charge in [-0.25, -0.2) is 0 Å². The minimum atomic E-state index is -4.42. The van der Waals surface area contributed by atoms with Crippen LogP contribution < -0.4 is 10.5 Å². The van der Waals surface area contributed by atoms with Crippen molar-refractivity contribution in [1.82, 2.24) is 4.90 Å². The number of ether oxygens (including phenoxy) is 1. The van der Waals surface area contributed by atoms with Crippen molar-refractivity contribution < 1.29 is 22.7 Å². The van der Waals surface area contributed by atoms with E-state index in [1.807, 2.05) is 4.90 Å². The van der Waals surface area contributed by atoms with Crippen LogP contribution in [0.25, 0.3) is 0 Å². The lowest BCUT2D eigenvalue weighted by Gasteiger charge is -2.31. The number of hydrogen-bond donors (Lipinski definition) is 1. The maximum Gasteiger partial charge on any atom is 0.419 e. The Balaban J connectivity index is 1.86. The number of nitrogens with zero attached hydrogens (tertiary/aromatic N) is 1. The van der Waals surface area contributed by atoms with Crippen molar-refractivity contribution in [2.45, 2.75) is 19.0 Å². The number of para-hydroxylation sites is 1. The molecule has 1 aliphatic heterocycles. The third kappa shape index (κ3) is 4.62. The van der Waals surface area contributed by atoms with E-state index in [-0.39, 0.29) is 30.7 Å². The largest absolute Gasteiger partial charge is 0.493 e. The monoisotopic (exact) mass is 316 g/mol. The van der Waals surface area contributed by atoms with Crippen molar-refractivity contribution in [2.75, 3.05) is 26.2 Å². The van der Waals surface area contributed by atoms with Crippen molar-refractivity contribution >= 4 is 5.91 Å². The molecule has 122 valence electrons. The van der Waals surface area contributed by atoms with Crippen LogP contribution in [0.4, 0.5) is 13.2 Å². The number of amides is 1. The predicted octanol–water partition coefficient (Wildman–Crippen LogP) is 2.28. The van der Waals surface area contributed by atoms with E-state index in [0.29, 0.717) is 13.1 Å². The molecule has 0 saturated carbocycles. The van der Waals surface area contributed by atoms with Gasteiger partial charge in [0, 0.05) is 0 Å². The van der Waals surface area contributed by atoms with Crippen LogP contribution in [-0.2, 0) is 11.0 Å². The Kier molecular flexibility index (Phi) is 5.28. The molecule has 1 aliphatic rings. The Labute approximate surface area is 127 Å². The second-order valence-electron chi connectivity index (χ2n) is 5.49. The molecule has 2 rings (SSSR count). The first-order chi connectivity index (χ1) is 10.4. The minimum Gasteiger partial charge on any atom is -0.493 e. The van der Waals surface area contributed by atoms with E-state index in [1.165, 1.54) is 18.2 Å². The fourth-order valence-corrected chi connectivity index (χ4v) is 2.57. The zero-order valence-corrected chi connectivity index (χ0v) is 12.1. The van der Waals surface area contributed by atoms with Crippen LogP contribution in [0.1, 0.15) is 18.4 Å². The summed E-state index contributed by atoms with van der Waals surface area (Å²) in [5, 5.41) is 0. The van der Waals surface area contributed by atoms with Crippen LogP contribution in [0.5, 0.6) is 5.75 Å². The summed E-state index contributed by atoms with van der Waals surface area (Å²) in [6, 6.07) is 5.23. The molecular formula is C15H19F3N2O2. The molecule has 1 amide bonds. The number of piperidine rings is 1. The number of halogens is 3. The third-order valence-electron chi connectivity index (χ3n) is 3.75. The zero-order valence-electron chi connectivity index (χ0n) is 12.1. The first-order valence-electron chi connectivity index (χ1n) is 7.16. The van der Waals surface area contributed by atoms with Gasteiger partial charge in [-0.2, -0.15) is 13.2 Å². The second-order valence-corrected chi connectivity index (χ2v) is 5.49. The molecule has 2 N–H and O–H groups in total. The average molecular weight is 316 g/mol. The second kappa shape index (κ2) is 7.00. The molecule has 0 aromatic heterocycles. The van der Waals surface area contributed by atoms with E-state index in [2.05, 4.69) is 0 Å². The van der Waals surface area contributed by atoms with Gasteiger partial charge in [-0.3, -0.25) is 9.69 Å². The van der Waals surface area contributed by atoms with Crippen LogP contribution in [0, 0.1) is 5.92 Å². The van der Waals surface area contributed by atoms with Crippen molar-refractivity contribution in [3.8, 4) is 5.75 Å². The minimum absolute atomic E-state index is 0.130. The number of carbonyl (C=O) groups is 1. The van der Waals surface area contributed by atoms with Gasteiger partial charge in [0.05, 0.1) is 18.7 Å². The molecule has 0 bridgehead atoms. The van der Waals surface area contributed by atoms with Crippen molar-refractivity contribution in [1.29, 1.82) is 0 Å². The number of carbonyl (C=O) groups excluding carboxylic acids is 1. The topological polar surface area (TPSA) is 55.6 Å². The molecule has 1 saturated heterocycles. The highest BCUT2D eigenvalue weighted by Gasteiger charge is 2.34. The number of rotatable bonds is 5. The van der Waals surface area contributed by atoms with Gasteiger partial charge in [0.15, 0.2) is 0 Å². The maximum absolute atomic E-state index is 12.9. The van der Waals surface area contributed by atoms with Gasteiger partial charge in [0.2, 0.25) is 5.91 Å². The quantitative estimate of drug-likeness (QED) is 0.907. The van der Waals surface area contributed by atoms with E-state index < -0.39 is 11.7 Å². The highest BCUT2D eigenvalue weighted by Crippen LogP contribution is 2.36. The van der Waals surface area contributed by atoms with E-state index in [1.54, 1.807) is 0 Å². The average Bonchev–Trinajstić information content (AvgIpc) is 2.45. The number of benzene rings is 1. The van der Waals surface area contributed by atoms with Crippen LogP contribution >= 0.6 is 0 Å². The molecule has 0 radical (unpaired) electrons. The Morgan fingerprint density at radius 3 is 2.50 bits per heavy atom. The normalized spacial score (nSPS) is 17.4. The lowest BCUT2D eigenvalue weighted by atomic mass is 9.98. The molecule has 1 heterocycles. The van der Waals surface area contributed by atoms with Crippen LogP contribution in [0.3, 0.4) is 0 Å². The Morgan fingerprint density at radius 1 is 1.27 bits per heavy atom. The van der Waals surface area contributed by atoms with Gasteiger partial charge in [0.25, 0.3) is 0 Å². The number of hydrogen-bond acceptors (Lipinski definition) is 3. The summed E-state index contributed by atoms with van der Waals surface area (Å²) in [6.45, 7) is 1.89. The molecule has 22 heavy (non-hydrogen) atoms. The summed E-state index contributed by atoms with van der Waals surface area (Å²) in [7, 11) is 0. The first kappa shape index (κ1) is 16.6. The summed E-state index contributed by atoms with van der Waals surface area (Å²) < 4.78 is 44.0. The van der Waals surface area contributed by atoms with E-state index in [4.69, 9.17) is 10.5 Å². The molecule has 0 atom stereocenters. The maximum atomic E-state index is 12.9. The molecule has 0 spiro atoms. The summed E-state index contributed by atoms with van der Waals surface area (Å²) >= 11 is 0. The number of nitrogens with two attached hydrogens (primary N) is 1. The van der Waals surface area contributed by atoms with Gasteiger partial charge < -0.3 is 10.5 Å². The standard InChI is InChI=1S/C15H19F3N2O2/c16-15(17,18)12-3-1-2-4-13(12)22-10-11-5-7-20(8-6-11)9-14(19)21/h1-4,11H,5-10H2,(H2,19,21). The van der Waals surface area contributed by atoms with Gasteiger partial charge in [0.1, 0.15) is 5.75 Å². The van der Waals surface area contributed by atoms with Crippen LogP contribution in [-0.4, -0.2) is 37.0 Å². The molecule has 4 nitrogen and oxygen atoms in total. The summed E-state index contributed by atoms with van der Waals surface area (Å²) in [6.07, 6.45) is -2.86. The number of likely N-dealkylation sites (tertiary alicyclic amines) is 1. The smallest absolute Gasteiger partial charge is 0.419 e. The molecule has 1 aromatic carbocycles. The summed E-state index contributed by atoms with van der Waals surface area (Å²) in [5.74, 6) is -0.311. The van der Waals surface area contributed by atoms with E-state index >= 15 is 0 Å². The molecular weight excluding hydrogens is 297 g/mol. The summed E-state index contributed by atoms with van der Waals surface area (Å²) in [4.78, 5) is 12.8.